The minimum atomic E-state index is -0.277. The molecule has 5 nitrogen and oxygen atoms in total. The molecule has 0 aliphatic rings. The Bertz CT molecular complexity index is 1270. The maximum atomic E-state index is 12.7. The summed E-state index contributed by atoms with van der Waals surface area (Å²) >= 11 is 12.0. The highest BCUT2D eigenvalue weighted by atomic mass is 35.5. The van der Waals surface area contributed by atoms with Crippen molar-refractivity contribution in [2.75, 3.05) is 6.61 Å². The number of benzene rings is 3. The molecule has 170 valence electrons. The second-order valence-electron chi connectivity index (χ2n) is 7.93. The topological polar surface area (TPSA) is 56.1 Å². The predicted molar refractivity (Wildman–Crippen MR) is 133 cm³/mol. The zero-order chi connectivity index (χ0) is 23.4. The van der Waals surface area contributed by atoms with Crippen molar-refractivity contribution in [3.05, 3.63) is 93.7 Å². The summed E-state index contributed by atoms with van der Waals surface area (Å²) < 4.78 is 8.06. The molecular weight excluding hydrogens is 457 g/mol. The Balaban J connectivity index is 1.47. The van der Waals surface area contributed by atoms with Gasteiger partial charge in [0, 0.05) is 22.2 Å². The normalized spacial score (nSPS) is 12.0. The fraction of sp³-hybridized carbons (Fsp3) is 0.231. The van der Waals surface area contributed by atoms with E-state index in [1.807, 2.05) is 56.3 Å². The highest BCUT2D eigenvalue weighted by Crippen LogP contribution is 2.23. The Labute approximate surface area is 203 Å². The molecule has 3 aromatic carbocycles. The highest BCUT2D eigenvalue weighted by Gasteiger charge is 2.19. The molecule has 1 aromatic heterocycles. The van der Waals surface area contributed by atoms with E-state index >= 15 is 0 Å². The van der Waals surface area contributed by atoms with Gasteiger partial charge >= 0.3 is 0 Å². The molecule has 1 atom stereocenters. The molecule has 0 bridgehead atoms. The zero-order valence-corrected chi connectivity index (χ0v) is 20.0. The van der Waals surface area contributed by atoms with Gasteiger partial charge in [0.2, 0.25) is 0 Å². The first-order chi connectivity index (χ1) is 15.9. The van der Waals surface area contributed by atoms with E-state index in [-0.39, 0.29) is 11.9 Å². The fourth-order valence-electron chi connectivity index (χ4n) is 3.73. The fourth-order valence-corrected chi connectivity index (χ4v) is 3.97. The zero-order valence-electron chi connectivity index (χ0n) is 18.5. The van der Waals surface area contributed by atoms with E-state index in [0.29, 0.717) is 23.7 Å². The van der Waals surface area contributed by atoms with Gasteiger partial charge in [0.1, 0.15) is 11.6 Å². The number of hydrogen-bond acceptors (Lipinski definition) is 3. The number of fused-ring (bicyclic) bond motifs is 1. The molecule has 1 unspecified atom stereocenters. The van der Waals surface area contributed by atoms with Crippen LogP contribution in [0.5, 0.6) is 5.75 Å². The van der Waals surface area contributed by atoms with Gasteiger partial charge in [-0.3, -0.25) is 4.79 Å². The van der Waals surface area contributed by atoms with Gasteiger partial charge in [-0.2, -0.15) is 0 Å². The second-order valence-corrected chi connectivity index (χ2v) is 8.77. The van der Waals surface area contributed by atoms with E-state index in [9.17, 15) is 4.79 Å². The smallest absolute Gasteiger partial charge is 0.251 e. The summed E-state index contributed by atoms with van der Waals surface area (Å²) in [4.78, 5) is 17.5. The largest absolute Gasteiger partial charge is 0.494 e. The van der Waals surface area contributed by atoms with Crippen LogP contribution in [0.1, 0.15) is 41.1 Å². The number of nitrogens with zero attached hydrogens (tertiary/aromatic N) is 2. The average molecular weight is 482 g/mol. The Kier molecular flexibility index (Phi) is 7.21. The Morgan fingerprint density at radius 1 is 1.09 bits per heavy atom. The van der Waals surface area contributed by atoms with Crippen LogP contribution in [0, 0.1) is 6.92 Å². The molecule has 0 aliphatic heterocycles. The number of aryl methyl sites for hydroxylation is 2. The second kappa shape index (κ2) is 10.3. The van der Waals surface area contributed by atoms with Crippen LogP contribution in [0.25, 0.3) is 11.0 Å². The summed E-state index contributed by atoms with van der Waals surface area (Å²) in [6.07, 6.45) is 0.785. The first-order valence-electron chi connectivity index (χ1n) is 10.8. The molecule has 7 heteroatoms. The lowest BCUT2D eigenvalue weighted by Crippen LogP contribution is -2.28. The SMILES string of the molecule is Cc1cc(OCCCn2c(C(C)NC(=O)c3ccc(Cl)cc3)nc3ccccc32)ccc1Cl. The quantitative estimate of drug-likeness (QED) is 0.288. The van der Waals surface area contributed by atoms with Gasteiger partial charge in [-0.1, -0.05) is 35.3 Å². The Morgan fingerprint density at radius 3 is 2.61 bits per heavy atom. The molecule has 0 spiro atoms. The number of imidazole rings is 1. The van der Waals surface area contributed by atoms with E-state index in [2.05, 4.69) is 9.88 Å². The first-order valence-corrected chi connectivity index (χ1v) is 11.6. The molecule has 0 fully saturated rings. The minimum Gasteiger partial charge on any atom is -0.494 e. The van der Waals surface area contributed by atoms with Crippen molar-refractivity contribution >= 4 is 40.1 Å². The number of aromatic nitrogens is 2. The molecule has 0 saturated heterocycles. The number of halogens is 2. The molecule has 0 saturated carbocycles. The van der Waals surface area contributed by atoms with Crippen LogP contribution in [-0.4, -0.2) is 22.1 Å². The van der Waals surface area contributed by atoms with Crippen LogP contribution in [0.2, 0.25) is 10.0 Å². The van der Waals surface area contributed by atoms with Gasteiger partial charge < -0.3 is 14.6 Å². The molecule has 0 aliphatic carbocycles. The summed E-state index contributed by atoms with van der Waals surface area (Å²) in [6.45, 7) is 5.17. The minimum absolute atomic E-state index is 0.167. The lowest BCUT2D eigenvalue weighted by Gasteiger charge is -2.17. The van der Waals surface area contributed by atoms with E-state index < -0.39 is 0 Å². The third-order valence-corrected chi connectivity index (χ3v) is 6.13. The van der Waals surface area contributed by atoms with Crippen LogP contribution in [-0.2, 0) is 6.54 Å². The van der Waals surface area contributed by atoms with Gasteiger partial charge in [0.25, 0.3) is 5.91 Å². The van der Waals surface area contributed by atoms with Crippen molar-refractivity contribution in [2.24, 2.45) is 0 Å². The van der Waals surface area contributed by atoms with Crippen LogP contribution >= 0.6 is 23.2 Å². The summed E-state index contributed by atoms with van der Waals surface area (Å²) in [5, 5.41) is 4.37. The third kappa shape index (κ3) is 5.49. The maximum absolute atomic E-state index is 12.7. The lowest BCUT2D eigenvalue weighted by molar-refractivity contribution is 0.0937. The number of carbonyl (C=O) groups excluding carboxylic acids is 1. The maximum Gasteiger partial charge on any atom is 0.251 e. The number of ether oxygens (including phenoxy) is 1. The van der Waals surface area contributed by atoms with Gasteiger partial charge in [-0.05, 0) is 80.4 Å². The third-order valence-electron chi connectivity index (χ3n) is 5.45. The number of carbonyl (C=O) groups is 1. The van der Waals surface area contributed by atoms with Gasteiger partial charge in [0.15, 0.2) is 0 Å². The van der Waals surface area contributed by atoms with Gasteiger partial charge in [-0.15, -0.1) is 0 Å². The lowest BCUT2D eigenvalue weighted by atomic mass is 10.2. The highest BCUT2D eigenvalue weighted by molar-refractivity contribution is 6.31. The van der Waals surface area contributed by atoms with Crippen molar-refractivity contribution in [2.45, 2.75) is 32.9 Å². The predicted octanol–water partition coefficient (Wildman–Crippen LogP) is 6.61. The average Bonchev–Trinajstić information content (AvgIpc) is 3.18. The van der Waals surface area contributed by atoms with Gasteiger partial charge in [0.05, 0.1) is 23.7 Å². The monoisotopic (exact) mass is 481 g/mol. The molecular formula is C26H25Cl2N3O2. The molecule has 4 aromatic rings. The van der Waals surface area contributed by atoms with E-state index in [0.717, 1.165) is 39.6 Å². The molecule has 1 amide bonds. The summed E-state index contributed by atoms with van der Waals surface area (Å²) in [6, 6.07) is 20.2. The van der Waals surface area contributed by atoms with Crippen LogP contribution in [0.15, 0.2) is 66.7 Å². The molecule has 0 radical (unpaired) electrons. The summed E-state index contributed by atoms with van der Waals surface area (Å²) in [7, 11) is 0. The number of amides is 1. The number of para-hydroxylation sites is 2. The van der Waals surface area contributed by atoms with E-state index in [4.69, 9.17) is 32.9 Å². The van der Waals surface area contributed by atoms with Crippen molar-refractivity contribution < 1.29 is 9.53 Å². The molecule has 33 heavy (non-hydrogen) atoms. The van der Waals surface area contributed by atoms with Crippen LogP contribution < -0.4 is 10.1 Å². The van der Waals surface area contributed by atoms with Crippen molar-refractivity contribution in [1.29, 1.82) is 0 Å². The van der Waals surface area contributed by atoms with Crippen LogP contribution in [0.4, 0.5) is 0 Å². The van der Waals surface area contributed by atoms with Crippen molar-refractivity contribution in [3.63, 3.8) is 0 Å². The molecule has 1 heterocycles. The van der Waals surface area contributed by atoms with Crippen LogP contribution in [0.3, 0.4) is 0 Å². The summed E-state index contributed by atoms with van der Waals surface area (Å²) in [5.41, 5.74) is 3.47. The number of hydrogen-bond donors (Lipinski definition) is 1. The Hall–Kier alpha value is -3.02. The Morgan fingerprint density at radius 2 is 1.85 bits per heavy atom. The van der Waals surface area contributed by atoms with E-state index in [1.165, 1.54) is 0 Å². The molecule has 4 rings (SSSR count). The van der Waals surface area contributed by atoms with Crippen molar-refractivity contribution in [1.82, 2.24) is 14.9 Å². The standard InChI is InChI=1S/C26H25Cl2N3O2/c1-17-16-21(12-13-22(17)28)33-15-5-14-31-24-7-4-3-6-23(24)30-25(31)18(2)29-26(32)19-8-10-20(27)11-9-19/h3-4,6-13,16,18H,5,14-15H2,1-2H3,(H,29,32). The van der Waals surface area contributed by atoms with Gasteiger partial charge in [-0.25, -0.2) is 4.98 Å². The molecule has 1 N–H and O–H groups in total. The summed E-state index contributed by atoms with van der Waals surface area (Å²) in [5.74, 6) is 1.44. The van der Waals surface area contributed by atoms with Crippen molar-refractivity contribution in [3.8, 4) is 5.75 Å². The first kappa shape index (κ1) is 23.1. The number of rotatable bonds is 8. The number of nitrogens with one attached hydrogen (secondary N) is 1. The van der Waals surface area contributed by atoms with E-state index in [1.54, 1.807) is 24.3 Å².